The predicted octanol–water partition coefficient (Wildman–Crippen LogP) is 1.14. The van der Waals surface area contributed by atoms with E-state index in [-0.39, 0.29) is 24.8 Å². The Balaban J connectivity index is 2.01. The van der Waals surface area contributed by atoms with E-state index in [1.165, 1.54) is 0 Å². The molecule has 0 saturated heterocycles. The highest BCUT2D eigenvalue weighted by Gasteiger charge is 2.50. The molecule has 6 nitrogen and oxygen atoms in total. The van der Waals surface area contributed by atoms with Gasteiger partial charge in [-0.3, -0.25) is 14.4 Å². The molecule has 1 heterocycles. The van der Waals surface area contributed by atoms with Gasteiger partial charge in [-0.15, -0.1) is 0 Å². The Kier molecular flexibility index (Phi) is 4.75. The van der Waals surface area contributed by atoms with Gasteiger partial charge in [0.05, 0.1) is 12.0 Å². The van der Waals surface area contributed by atoms with Crippen molar-refractivity contribution < 1.29 is 14.4 Å². The SMILES string of the molecule is CN1C(=O)[C@@](CC(=O)NCC(N)=O)(Cc2ccccc2)c2ccccc21. The number of amides is 3. The summed E-state index contributed by atoms with van der Waals surface area (Å²) in [4.78, 5) is 38.2. The summed E-state index contributed by atoms with van der Waals surface area (Å²) in [6, 6.07) is 17.1. The highest BCUT2D eigenvalue weighted by atomic mass is 16.2. The van der Waals surface area contributed by atoms with Gasteiger partial charge in [0.2, 0.25) is 17.7 Å². The Morgan fingerprint density at radius 3 is 2.42 bits per heavy atom. The summed E-state index contributed by atoms with van der Waals surface area (Å²) in [6.45, 7) is -0.244. The molecule has 134 valence electrons. The summed E-state index contributed by atoms with van der Waals surface area (Å²) < 4.78 is 0. The van der Waals surface area contributed by atoms with Crippen LogP contribution in [-0.2, 0) is 26.2 Å². The predicted molar refractivity (Wildman–Crippen MR) is 98.5 cm³/mol. The number of anilines is 1. The molecule has 0 spiro atoms. The third-order valence-corrected chi connectivity index (χ3v) is 4.77. The van der Waals surface area contributed by atoms with Crippen LogP contribution < -0.4 is 16.0 Å². The number of likely N-dealkylation sites (N-methyl/N-ethyl adjacent to an activating group) is 1. The first-order valence-corrected chi connectivity index (χ1v) is 8.40. The van der Waals surface area contributed by atoms with Crippen molar-refractivity contribution in [2.24, 2.45) is 5.73 Å². The summed E-state index contributed by atoms with van der Waals surface area (Å²) in [5.41, 5.74) is 6.69. The third-order valence-electron chi connectivity index (χ3n) is 4.77. The number of nitrogens with zero attached hydrogens (tertiary/aromatic N) is 1. The van der Waals surface area contributed by atoms with Crippen LogP contribution in [0.5, 0.6) is 0 Å². The Bertz CT molecular complexity index is 850. The molecule has 6 heteroatoms. The van der Waals surface area contributed by atoms with E-state index in [1.54, 1.807) is 11.9 Å². The van der Waals surface area contributed by atoms with Gasteiger partial charge in [0.1, 0.15) is 0 Å². The summed E-state index contributed by atoms with van der Waals surface area (Å²) in [5.74, 6) is -1.12. The number of fused-ring (bicyclic) bond motifs is 1. The number of carbonyl (C=O) groups excluding carboxylic acids is 3. The molecular weight excluding hydrogens is 330 g/mol. The highest BCUT2D eigenvalue weighted by Crippen LogP contribution is 2.45. The number of hydrogen-bond acceptors (Lipinski definition) is 3. The first-order valence-electron chi connectivity index (χ1n) is 8.40. The van der Waals surface area contributed by atoms with Crippen molar-refractivity contribution in [3.05, 3.63) is 65.7 Å². The van der Waals surface area contributed by atoms with Crippen molar-refractivity contribution in [3.8, 4) is 0 Å². The maximum Gasteiger partial charge on any atom is 0.238 e. The molecule has 26 heavy (non-hydrogen) atoms. The first kappa shape index (κ1) is 17.7. The van der Waals surface area contributed by atoms with Gasteiger partial charge in [-0.1, -0.05) is 48.5 Å². The molecule has 0 aliphatic carbocycles. The van der Waals surface area contributed by atoms with E-state index >= 15 is 0 Å². The minimum atomic E-state index is -1.01. The smallest absolute Gasteiger partial charge is 0.238 e. The van der Waals surface area contributed by atoms with Crippen LogP contribution in [0.15, 0.2) is 54.6 Å². The number of carbonyl (C=O) groups is 3. The molecule has 3 rings (SSSR count). The number of para-hydroxylation sites is 1. The zero-order valence-corrected chi connectivity index (χ0v) is 14.6. The Morgan fingerprint density at radius 2 is 1.73 bits per heavy atom. The lowest BCUT2D eigenvalue weighted by Crippen LogP contribution is -2.45. The second-order valence-electron chi connectivity index (χ2n) is 6.55. The maximum absolute atomic E-state index is 13.2. The lowest BCUT2D eigenvalue weighted by atomic mass is 9.73. The molecule has 0 radical (unpaired) electrons. The minimum Gasteiger partial charge on any atom is -0.368 e. The molecule has 2 aromatic rings. The Morgan fingerprint density at radius 1 is 1.08 bits per heavy atom. The van der Waals surface area contributed by atoms with Crippen molar-refractivity contribution in [2.75, 3.05) is 18.5 Å². The molecule has 1 aliphatic rings. The number of primary amides is 1. The van der Waals surface area contributed by atoms with Crippen LogP contribution in [0, 0.1) is 0 Å². The average Bonchev–Trinajstić information content (AvgIpc) is 2.84. The van der Waals surface area contributed by atoms with Crippen LogP contribution in [0.25, 0.3) is 0 Å². The van der Waals surface area contributed by atoms with Crippen LogP contribution >= 0.6 is 0 Å². The molecule has 0 bridgehead atoms. The lowest BCUT2D eigenvalue weighted by Gasteiger charge is -2.28. The van der Waals surface area contributed by atoms with Gasteiger partial charge in [0, 0.05) is 19.2 Å². The van der Waals surface area contributed by atoms with Crippen molar-refractivity contribution in [3.63, 3.8) is 0 Å². The zero-order valence-electron chi connectivity index (χ0n) is 14.6. The van der Waals surface area contributed by atoms with Crippen molar-refractivity contribution >= 4 is 23.4 Å². The van der Waals surface area contributed by atoms with Crippen molar-refractivity contribution in [1.29, 1.82) is 0 Å². The quantitative estimate of drug-likeness (QED) is 0.817. The molecule has 0 aromatic heterocycles. The average molecular weight is 351 g/mol. The van der Waals surface area contributed by atoms with Crippen LogP contribution in [0.4, 0.5) is 5.69 Å². The summed E-state index contributed by atoms with van der Waals surface area (Å²) in [6.07, 6.45) is 0.355. The lowest BCUT2D eigenvalue weighted by molar-refractivity contribution is -0.130. The molecule has 0 fully saturated rings. The molecule has 3 N–H and O–H groups in total. The Hall–Kier alpha value is -3.15. The van der Waals surface area contributed by atoms with Crippen LogP contribution in [0.2, 0.25) is 0 Å². The van der Waals surface area contributed by atoms with Crippen molar-refractivity contribution in [2.45, 2.75) is 18.3 Å². The second kappa shape index (κ2) is 7.00. The molecular formula is C20H21N3O3. The number of hydrogen-bond donors (Lipinski definition) is 2. The third kappa shape index (κ3) is 3.18. The minimum absolute atomic E-state index is 0.0463. The van der Waals surface area contributed by atoms with Gasteiger partial charge >= 0.3 is 0 Å². The normalized spacial score (nSPS) is 18.5. The van der Waals surface area contributed by atoms with Gasteiger partial charge in [0.15, 0.2) is 0 Å². The van der Waals surface area contributed by atoms with Gasteiger partial charge < -0.3 is 16.0 Å². The molecule has 3 amide bonds. The molecule has 0 unspecified atom stereocenters. The maximum atomic E-state index is 13.2. The summed E-state index contributed by atoms with van der Waals surface area (Å²) in [7, 11) is 1.72. The van der Waals surface area contributed by atoms with E-state index in [9.17, 15) is 14.4 Å². The fraction of sp³-hybridized carbons (Fsp3) is 0.250. The van der Waals surface area contributed by atoms with Crippen LogP contribution in [0.1, 0.15) is 17.5 Å². The van der Waals surface area contributed by atoms with E-state index in [0.29, 0.717) is 6.42 Å². The van der Waals surface area contributed by atoms with Crippen LogP contribution in [-0.4, -0.2) is 31.3 Å². The van der Waals surface area contributed by atoms with E-state index < -0.39 is 11.3 Å². The molecule has 0 saturated carbocycles. The zero-order chi connectivity index (χ0) is 18.7. The largest absolute Gasteiger partial charge is 0.368 e. The number of rotatable bonds is 6. The Labute approximate surface area is 152 Å². The molecule has 2 aromatic carbocycles. The standard InChI is InChI=1S/C20H21N3O3/c1-23-16-10-6-5-9-15(16)20(19(23)26,11-14-7-3-2-4-8-14)12-18(25)22-13-17(21)24/h2-10H,11-13H2,1H3,(H2,21,24)(H,22,25)/t20-/m1/s1. The van der Waals surface area contributed by atoms with E-state index in [4.69, 9.17) is 5.73 Å². The summed E-state index contributed by atoms with van der Waals surface area (Å²) in [5, 5.41) is 2.50. The number of nitrogens with one attached hydrogen (secondary N) is 1. The first-order chi connectivity index (χ1) is 12.4. The molecule has 1 atom stereocenters. The second-order valence-corrected chi connectivity index (χ2v) is 6.55. The van der Waals surface area contributed by atoms with Gasteiger partial charge in [-0.2, -0.15) is 0 Å². The van der Waals surface area contributed by atoms with E-state index in [1.807, 2.05) is 54.6 Å². The number of benzene rings is 2. The number of nitrogens with two attached hydrogens (primary N) is 1. The fourth-order valence-electron chi connectivity index (χ4n) is 3.59. The van der Waals surface area contributed by atoms with Crippen molar-refractivity contribution in [1.82, 2.24) is 5.32 Å². The molecule has 1 aliphatic heterocycles. The fourth-order valence-corrected chi connectivity index (χ4v) is 3.59. The van der Waals surface area contributed by atoms with E-state index in [2.05, 4.69) is 5.32 Å². The van der Waals surface area contributed by atoms with E-state index in [0.717, 1.165) is 16.8 Å². The van der Waals surface area contributed by atoms with Gasteiger partial charge in [-0.05, 0) is 23.6 Å². The van der Waals surface area contributed by atoms with Gasteiger partial charge in [0.25, 0.3) is 0 Å². The van der Waals surface area contributed by atoms with Gasteiger partial charge in [-0.25, -0.2) is 0 Å². The topological polar surface area (TPSA) is 92.5 Å². The highest BCUT2D eigenvalue weighted by molar-refractivity contribution is 6.10. The monoisotopic (exact) mass is 351 g/mol. The summed E-state index contributed by atoms with van der Waals surface area (Å²) >= 11 is 0. The van der Waals surface area contributed by atoms with Crippen LogP contribution in [0.3, 0.4) is 0 Å².